The molecule has 20 heavy (non-hydrogen) atoms. The molecule has 0 bridgehead atoms. The molecule has 4 nitrogen and oxygen atoms in total. The predicted octanol–water partition coefficient (Wildman–Crippen LogP) is 3.81. The maximum Gasteiger partial charge on any atom is 0.339 e. The highest BCUT2D eigenvalue weighted by atomic mass is 16.4. The van der Waals surface area contributed by atoms with Crippen LogP contribution >= 0.6 is 0 Å². The molecule has 0 unspecified atom stereocenters. The Morgan fingerprint density at radius 3 is 2.45 bits per heavy atom. The zero-order valence-corrected chi connectivity index (χ0v) is 11.2. The summed E-state index contributed by atoms with van der Waals surface area (Å²) in [6, 6.07) is 11.3. The first-order chi connectivity index (χ1) is 9.56. The van der Waals surface area contributed by atoms with Crippen LogP contribution in [0, 0.1) is 13.8 Å². The molecule has 0 spiro atoms. The van der Waals surface area contributed by atoms with Crippen molar-refractivity contribution in [2.45, 2.75) is 13.8 Å². The Balaban J connectivity index is 2.23. The smallest absolute Gasteiger partial charge is 0.339 e. The van der Waals surface area contributed by atoms with Crippen LogP contribution in [-0.4, -0.2) is 16.1 Å². The topological polar surface area (TPSA) is 63.3 Å². The van der Waals surface area contributed by atoms with Gasteiger partial charge in [-0.25, -0.2) is 9.78 Å². The molecule has 4 heteroatoms. The molecule has 0 aliphatic carbocycles. The van der Waals surface area contributed by atoms with Crippen LogP contribution in [0.15, 0.2) is 40.8 Å². The third-order valence-electron chi connectivity index (χ3n) is 3.28. The molecule has 1 heterocycles. The van der Waals surface area contributed by atoms with E-state index < -0.39 is 5.97 Å². The number of aryl methyl sites for hydroxylation is 2. The summed E-state index contributed by atoms with van der Waals surface area (Å²) in [6.45, 7) is 3.75. The van der Waals surface area contributed by atoms with Gasteiger partial charge < -0.3 is 9.52 Å². The van der Waals surface area contributed by atoms with E-state index in [4.69, 9.17) is 4.42 Å². The highest BCUT2D eigenvalue weighted by Gasteiger charge is 2.18. The molecule has 0 atom stereocenters. The summed E-state index contributed by atoms with van der Waals surface area (Å²) in [4.78, 5) is 15.7. The van der Waals surface area contributed by atoms with Gasteiger partial charge in [0.2, 0.25) is 5.89 Å². The van der Waals surface area contributed by atoms with Crippen LogP contribution in [0.5, 0.6) is 0 Å². The lowest BCUT2D eigenvalue weighted by molar-refractivity contribution is 0.0697. The Bertz CT molecular complexity index is 800. The van der Waals surface area contributed by atoms with Gasteiger partial charge in [-0.3, -0.25) is 0 Å². The van der Waals surface area contributed by atoms with Crippen molar-refractivity contribution in [2.75, 3.05) is 0 Å². The number of aromatic carboxylic acids is 1. The monoisotopic (exact) mass is 267 g/mol. The summed E-state index contributed by atoms with van der Waals surface area (Å²) in [5, 5.41) is 9.29. The van der Waals surface area contributed by atoms with Crippen LogP contribution in [0.4, 0.5) is 0 Å². The Morgan fingerprint density at radius 2 is 1.80 bits per heavy atom. The second-order valence-electron chi connectivity index (χ2n) is 4.80. The van der Waals surface area contributed by atoms with Crippen molar-refractivity contribution in [2.24, 2.45) is 0 Å². The summed E-state index contributed by atoms with van der Waals surface area (Å²) in [5.74, 6) is -0.562. The Hall–Kier alpha value is -2.62. The number of rotatable bonds is 2. The average Bonchev–Trinajstić information content (AvgIpc) is 2.82. The molecule has 2 aromatic carbocycles. The van der Waals surface area contributed by atoms with E-state index in [0.29, 0.717) is 22.6 Å². The van der Waals surface area contributed by atoms with E-state index in [1.165, 1.54) is 0 Å². The minimum Gasteiger partial charge on any atom is -0.478 e. The largest absolute Gasteiger partial charge is 0.478 e. The molecular formula is C16H13NO3. The lowest BCUT2D eigenvalue weighted by Crippen LogP contribution is -1.99. The van der Waals surface area contributed by atoms with Crippen molar-refractivity contribution in [3.05, 3.63) is 53.1 Å². The number of oxazole rings is 1. The first-order valence-corrected chi connectivity index (χ1v) is 6.27. The van der Waals surface area contributed by atoms with E-state index in [2.05, 4.69) is 4.98 Å². The molecule has 0 aliphatic rings. The highest BCUT2D eigenvalue weighted by molar-refractivity contribution is 6.01. The van der Waals surface area contributed by atoms with Gasteiger partial charge in [-0.1, -0.05) is 23.8 Å². The SMILES string of the molecule is Cc1ccc(-c2nc3ccc(C)c(C(=O)O)c3o2)cc1. The standard InChI is InChI=1S/C16H13NO3/c1-9-3-6-11(7-4-9)15-17-12-8-5-10(2)13(16(18)19)14(12)20-15/h3-8H,1-2H3,(H,18,19). The molecular weight excluding hydrogens is 254 g/mol. The van der Waals surface area contributed by atoms with Crippen molar-refractivity contribution >= 4 is 17.1 Å². The number of hydrogen-bond acceptors (Lipinski definition) is 3. The molecule has 1 N–H and O–H groups in total. The maximum atomic E-state index is 11.3. The van der Waals surface area contributed by atoms with E-state index in [-0.39, 0.29) is 5.56 Å². The minimum absolute atomic E-state index is 0.174. The quantitative estimate of drug-likeness (QED) is 0.766. The third kappa shape index (κ3) is 1.95. The van der Waals surface area contributed by atoms with E-state index in [9.17, 15) is 9.90 Å². The first kappa shape index (κ1) is 12.4. The molecule has 3 aromatic rings. The molecule has 100 valence electrons. The van der Waals surface area contributed by atoms with Crippen LogP contribution in [0.25, 0.3) is 22.6 Å². The molecule has 0 radical (unpaired) electrons. The van der Waals surface area contributed by atoms with Gasteiger partial charge >= 0.3 is 5.97 Å². The summed E-state index contributed by atoms with van der Waals surface area (Å²) in [7, 11) is 0. The number of carboxylic acid groups (broad SMARTS) is 1. The fraction of sp³-hybridized carbons (Fsp3) is 0.125. The zero-order chi connectivity index (χ0) is 14.3. The molecule has 1 aromatic heterocycles. The van der Waals surface area contributed by atoms with E-state index >= 15 is 0 Å². The third-order valence-corrected chi connectivity index (χ3v) is 3.28. The molecule has 3 rings (SSSR count). The summed E-state index contributed by atoms with van der Waals surface area (Å²) >= 11 is 0. The Labute approximate surface area is 115 Å². The zero-order valence-electron chi connectivity index (χ0n) is 11.2. The predicted molar refractivity (Wildman–Crippen MR) is 75.9 cm³/mol. The number of fused-ring (bicyclic) bond motifs is 1. The van der Waals surface area contributed by atoms with Crippen molar-refractivity contribution < 1.29 is 14.3 Å². The van der Waals surface area contributed by atoms with Crippen molar-refractivity contribution in [3.8, 4) is 11.5 Å². The molecule has 0 aliphatic heterocycles. The van der Waals surface area contributed by atoms with Crippen LogP contribution in [0.2, 0.25) is 0 Å². The van der Waals surface area contributed by atoms with Gasteiger partial charge in [-0.2, -0.15) is 0 Å². The van der Waals surface area contributed by atoms with Gasteiger partial charge in [0.05, 0.1) is 0 Å². The second kappa shape index (κ2) is 4.49. The van der Waals surface area contributed by atoms with E-state index in [1.807, 2.05) is 31.2 Å². The van der Waals surface area contributed by atoms with Gasteiger partial charge in [0.15, 0.2) is 5.58 Å². The van der Waals surface area contributed by atoms with Crippen LogP contribution in [-0.2, 0) is 0 Å². The van der Waals surface area contributed by atoms with Gasteiger partial charge in [0.25, 0.3) is 0 Å². The molecule has 0 amide bonds. The number of hydrogen-bond donors (Lipinski definition) is 1. The van der Waals surface area contributed by atoms with Crippen LogP contribution in [0.3, 0.4) is 0 Å². The Kier molecular flexibility index (Phi) is 2.79. The normalized spacial score (nSPS) is 10.9. The molecule has 0 saturated heterocycles. The number of carbonyl (C=O) groups is 1. The fourth-order valence-corrected chi connectivity index (χ4v) is 2.18. The highest BCUT2D eigenvalue weighted by Crippen LogP contribution is 2.28. The van der Waals surface area contributed by atoms with Gasteiger partial charge in [0, 0.05) is 5.56 Å². The van der Waals surface area contributed by atoms with Crippen LogP contribution < -0.4 is 0 Å². The number of benzene rings is 2. The van der Waals surface area contributed by atoms with Gasteiger partial charge in [-0.15, -0.1) is 0 Å². The Morgan fingerprint density at radius 1 is 1.10 bits per heavy atom. The lowest BCUT2D eigenvalue weighted by Gasteiger charge is -1.99. The summed E-state index contributed by atoms with van der Waals surface area (Å²) < 4.78 is 5.68. The summed E-state index contributed by atoms with van der Waals surface area (Å²) in [5.41, 5.74) is 3.70. The number of carboxylic acids is 1. The van der Waals surface area contributed by atoms with Gasteiger partial charge in [0.1, 0.15) is 11.1 Å². The van der Waals surface area contributed by atoms with E-state index in [0.717, 1.165) is 11.1 Å². The molecule has 0 fully saturated rings. The molecule has 0 saturated carbocycles. The first-order valence-electron chi connectivity index (χ1n) is 6.27. The number of nitrogens with zero attached hydrogens (tertiary/aromatic N) is 1. The number of aromatic nitrogens is 1. The van der Waals surface area contributed by atoms with Crippen molar-refractivity contribution in [1.29, 1.82) is 0 Å². The van der Waals surface area contributed by atoms with Crippen molar-refractivity contribution in [1.82, 2.24) is 4.98 Å². The van der Waals surface area contributed by atoms with E-state index in [1.54, 1.807) is 19.1 Å². The van der Waals surface area contributed by atoms with Crippen molar-refractivity contribution in [3.63, 3.8) is 0 Å². The maximum absolute atomic E-state index is 11.3. The fourth-order valence-electron chi connectivity index (χ4n) is 2.18. The van der Waals surface area contributed by atoms with Gasteiger partial charge in [-0.05, 0) is 37.6 Å². The second-order valence-corrected chi connectivity index (χ2v) is 4.80. The minimum atomic E-state index is -1.00. The summed E-state index contributed by atoms with van der Waals surface area (Å²) in [6.07, 6.45) is 0. The van der Waals surface area contributed by atoms with Crippen LogP contribution in [0.1, 0.15) is 21.5 Å². The average molecular weight is 267 g/mol. The lowest BCUT2D eigenvalue weighted by atomic mass is 10.1.